The number of nitrogens with two attached hydrogens (primary N) is 1. The molecule has 1 fully saturated rings. The van der Waals surface area contributed by atoms with Crippen molar-refractivity contribution in [2.75, 3.05) is 32.7 Å². The molecular formula is C30H39N5O8S. The molecule has 0 saturated carbocycles. The van der Waals surface area contributed by atoms with Crippen molar-refractivity contribution in [2.45, 2.75) is 50.8 Å². The van der Waals surface area contributed by atoms with E-state index in [4.69, 9.17) is 9.56 Å². The van der Waals surface area contributed by atoms with Gasteiger partial charge < -0.3 is 24.4 Å². The highest BCUT2D eigenvalue weighted by Crippen LogP contribution is 2.24. The molecule has 44 heavy (non-hydrogen) atoms. The summed E-state index contributed by atoms with van der Waals surface area (Å²) < 4.78 is 29.3. The van der Waals surface area contributed by atoms with Crippen LogP contribution in [0.15, 0.2) is 51.8 Å². The number of rotatable bonds is 11. The van der Waals surface area contributed by atoms with Crippen molar-refractivity contribution in [1.82, 2.24) is 19.7 Å². The molecule has 0 atom stereocenters. The lowest BCUT2D eigenvalue weighted by Crippen LogP contribution is -2.51. The first-order chi connectivity index (χ1) is 20.8. The van der Waals surface area contributed by atoms with Crippen LogP contribution in [0.25, 0.3) is 11.1 Å². The summed E-state index contributed by atoms with van der Waals surface area (Å²) in [5.41, 5.74) is 1.31. The smallest absolute Gasteiger partial charge is 0.407 e. The molecule has 238 valence electrons. The molecule has 13 nitrogen and oxygen atoms in total. The first-order valence-corrected chi connectivity index (χ1v) is 16.2. The number of imide groups is 1. The Kier molecular flexibility index (Phi) is 10.5. The minimum absolute atomic E-state index is 0.0992. The van der Waals surface area contributed by atoms with Gasteiger partial charge in [0, 0.05) is 45.1 Å². The number of likely N-dealkylation sites (tertiary alicyclic amines) is 1. The van der Waals surface area contributed by atoms with E-state index in [0.29, 0.717) is 42.3 Å². The predicted octanol–water partition coefficient (Wildman–Crippen LogP) is 3.65. The monoisotopic (exact) mass is 629 g/mol. The first-order valence-electron chi connectivity index (χ1n) is 14.6. The second kappa shape index (κ2) is 14.1. The quantitative estimate of drug-likeness (QED) is 0.284. The number of carboxylic acid groups (broad SMARTS) is 1. The molecule has 2 aromatic carbocycles. The molecule has 1 aliphatic heterocycles. The summed E-state index contributed by atoms with van der Waals surface area (Å²) in [7, 11) is -3.93. The molecule has 1 aliphatic rings. The maximum atomic E-state index is 14.1. The van der Waals surface area contributed by atoms with Crippen LogP contribution in [0.1, 0.15) is 44.6 Å². The van der Waals surface area contributed by atoms with Gasteiger partial charge in [-0.05, 0) is 61.4 Å². The van der Waals surface area contributed by atoms with Gasteiger partial charge in [-0.15, -0.1) is 0 Å². The third kappa shape index (κ3) is 8.26. The van der Waals surface area contributed by atoms with Gasteiger partial charge in [0.2, 0.25) is 15.9 Å². The maximum absolute atomic E-state index is 14.1. The second-order valence-electron chi connectivity index (χ2n) is 11.4. The number of sulfonamides is 1. The fraction of sp³-hybridized carbons (Fsp3) is 0.467. The summed E-state index contributed by atoms with van der Waals surface area (Å²) in [6.07, 6.45) is 0.729. The lowest BCUT2D eigenvalue weighted by atomic mass is 9.95. The molecule has 3 aromatic rings. The van der Waals surface area contributed by atoms with E-state index in [2.05, 4.69) is 4.98 Å². The molecule has 0 bridgehead atoms. The topological polar surface area (TPSA) is 188 Å². The van der Waals surface area contributed by atoms with E-state index in [1.54, 1.807) is 24.3 Å². The number of amides is 4. The average molecular weight is 630 g/mol. The molecule has 14 heteroatoms. The Labute approximate surface area is 256 Å². The van der Waals surface area contributed by atoms with Crippen LogP contribution in [0.2, 0.25) is 0 Å². The number of benzene rings is 2. The number of para-hydroxylation sites is 1. The molecule has 0 unspecified atom stereocenters. The van der Waals surface area contributed by atoms with E-state index in [1.165, 1.54) is 32.9 Å². The van der Waals surface area contributed by atoms with Gasteiger partial charge in [0.05, 0.1) is 4.90 Å². The van der Waals surface area contributed by atoms with Gasteiger partial charge in [-0.2, -0.15) is 0 Å². The lowest BCUT2D eigenvalue weighted by Gasteiger charge is -2.35. The zero-order chi connectivity index (χ0) is 32.0. The highest BCUT2D eigenvalue weighted by atomic mass is 32.2. The van der Waals surface area contributed by atoms with Crippen LogP contribution in [-0.2, 0) is 27.7 Å². The average Bonchev–Trinajstić information content (AvgIpc) is 3.39. The number of phenolic OH excluding ortho intramolecular Hbond substituents is 1. The number of phenols is 1. The number of fused-ring (bicyclic) bond motifs is 1. The number of oxazole rings is 1. The van der Waals surface area contributed by atoms with Crippen molar-refractivity contribution < 1.29 is 37.4 Å². The van der Waals surface area contributed by atoms with Gasteiger partial charge >= 0.3 is 12.1 Å². The largest absolute Gasteiger partial charge is 0.508 e. The standard InChI is InChI=1S/C30H39N5O8S/c1-20(2)9-18-35(28(37)22-11-15-34(16-12-22)30(39)40)29(38)33(14-10-21-5-3-4-6-25(21)36)17-13-27-32-24-19-23(44(31,41)42)7-8-26(24)43-27/h3-8,19-20,22,36H,9-18H2,1-2H3,(H,39,40)(H2,31,41,42). The van der Waals surface area contributed by atoms with Crippen LogP contribution < -0.4 is 5.14 Å². The number of hydrogen-bond acceptors (Lipinski definition) is 8. The molecule has 0 spiro atoms. The zero-order valence-electron chi connectivity index (χ0n) is 24.9. The third-order valence-corrected chi connectivity index (χ3v) is 8.69. The van der Waals surface area contributed by atoms with Crippen molar-refractivity contribution in [2.24, 2.45) is 17.0 Å². The maximum Gasteiger partial charge on any atom is 0.407 e. The minimum Gasteiger partial charge on any atom is -0.508 e. The predicted molar refractivity (Wildman–Crippen MR) is 161 cm³/mol. The van der Waals surface area contributed by atoms with E-state index in [-0.39, 0.29) is 67.5 Å². The number of hydrogen-bond donors (Lipinski definition) is 3. The number of primary sulfonamides is 1. The summed E-state index contributed by atoms with van der Waals surface area (Å²) in [6.45, 7) is 4.98. The summed E-state index contributed by atoms with van der Waals surface area (Å²) in [6, 6.07) is 10.5. The SMILES string of the molecule is CC(C)CCN(C(=O)C1CCN(C(=O)O)CC1)C(=O)N(CCc1nc2cc(S(N)(=O)=O)ccc2o1)CCc1ccccc1O. The summed E-state index contributed by atoms with van der Waals surface area (Å²) in [4.78, 5) is 47.6. The molecule has 4 N–H and O–H groups in total. The zero-order valence-corrected chi connectivity index (χ0v) is 25.7. The Morgan fingerprint density at radius 2 is 1.75 bits per heavy atom. The van der Waals surface area contributed by atoms with Gasteiger partial charge in [-0.1, -0.05) is 32.0 Å². The number of carbonyl (C=O) groups is 3. The van der Waals surface area contributed by atoms with Gasteiger partial charge in [-0.25, -0.2) is 28.1 Å². The first kappa shape index (κ1) is 32.7. The minimum atomic E-state index is -3.93. The molecular weight excluding hydrogens is 590 g/mol. The van der Waals surface area contributed by atoms with Crippen LogP contribution >= 0.6 is 0 Å². The molecule has 1 aromatic heterocycles. The Morgan fingerprint density at radius 1 is 1.07 bits per heavy atom. The number of carbonyl (C=O) groups excluding carboxylic acids is 2. The molecule has 4 amide bonds. The number of nitrogens with zero attached hydrogens (tertiary/aromatic N) is 4. The summed E-state index contributed by atoms with van der Waals surface area (Å²) in [5, 5.41) is 24.9. The van der Waals surface area contributed by atoms with Crippen molar-refractivity contribution in [3.63, 3.8) is 0 Å². The Hall–Kier alpha value is -4.17. The highest BCUT2D eigenvalue weighted by Gasteiger charge is 2.34. The van der Waals surface area contributed by atoms with Crippen molar-refractivity contribution >= 4 is 39.2 Å². The number of piperidine rings is 1. The fourth-order valence-corrected chi connectivity index (χ4v) is 5.68. The number of aromatic nitrogens is 1. The van der Waals surface area contributed by atoms with Crippen molar-refractivity contribution in [3.8, 4) is 5.75 Å². The second-order valence-corrected chi connectivity index (χ2v) is 13.0. The molecule has 2 heterocycles. The lowest BCUT2D eigenvalue weighted by molar-refractivity contribution is -0.134. The molecule has 4 rings (SSSR count). The third-order valence-electron chi connectivity index (χ3n) is 7.78. The molecule has 1 saturated heterocycles. The summed E-state index contributed by atoms with van der Waals surface area (Å²) >= 11 is 0. The number of aromatic hydroxyl groups is 1. The van der Waals surface area contributed by atoms with E-state index < -0.39 is 28.1 Å². The van der Waals surface area contributed by atoms with Crippen LogP contribution in [-0.4, -0.2) is 89.1 Å². The van der Waals surface area contributed by atoms with E-state index >= 15 is 0 Å². The Bertz CT molecular complexity index is 1600. The van der Waals surface area contributed by atoms with E-state index in [0.717, 1.165) is 0 Å². The summed E-state index contributed by atoms with van der Waals surface area (Å²) in [5.74, 6) is -0.212. The molecule has 0 radical (unpaired) electrons. The van der Waals surface area contributed by atoms with Crippen molar-refractivity contribution in [3.05, 3.63) is 53.9 Å². The Balaban J connectivity index is 1.57. The highest BCUT2D eigenvalue weighted by molar-refractivity contribution is 7.89. The molecule has 0 aliphatic carbocycles. The van der Waals surface area contributed by atoms with Crippen LogP contribution in [0.3, 0.4) is 0 Å². The van der Waals surface area contributed by atoms with Gasteiger partial charge in [-0.3, -0.25) is 9.69 Å². The van der Waals surface area contributed by atoms with Gasteiger partial charge in [0.15, 0.2) is 11.5 Å². The van der Waals surface area contributed by atoms with Crippen LogP contribution in [0.4, 0.5) is 9.59 Å². The van der Waals surface area contributed by atoms with Crippen LogP contribution in [0.5, 0.6) is 5.75 Å². The van der Waals surface area contributed by atoms with Crippen molar-refractivity contribution in [1.29, 1.82) is 0 Å². The normalized spacial score (nSPS) is 14.2. The van der Waals surface area contributed by atoms with E-state index in [9.17, 15) is 33.0 Å². The Morgan fingerprint density at radius 3 is 2.39 bits per heavy atom. The van der Waals surface area contributed by atoms with Gasteiger partial charge in [0.1, 0.15) is 11.3 Å². The van der Waals surface area contributed by atoms with E-state index in [1.807, 2.05) is 13.8 Å². The van der Waals surface area contributed by atoms with Gasteiger partial charge in [0.25, 0.3) is 0 Å². The fourth-order valence-electron chi connectivity index (χ4n) is 5.15. The van der Waals surface area contributed by atoms with Crippen LogP contribution in [0, 0.1) is 11.8 Å². The number of urea groups is 1.